The maximum atomic E-state index is 12.9. The van der Waals surface area contributed by atoms with Gasteiger partial charge in [0.15, 0.2) is 5.79 Å². The minimum atomic E-state index is -0.332. The largest absolute Gasteiger partial charge is 0.348 e. The molecule has 0 aromatic heterocycles. The molecular weight excluding hydrogens is 304 g/mol. The lowest BCUT2D eigenvalue weighted by atomic mass is 9.89. The summed E-state index contributed by atoms with van der Waals surface area (Å²) < 4.78 is 11.6. The first-order chi connectivity index (χ1) is 11.7. The molecule has 3 aliphatic rings. The maximum Gasteiger partial charge on any atom is 0.244 e. The van der Waals surface area contributed by atoms with E-state index in [0.717, 1.165) is 37.8 Å². The molecule has 1 N–H and O–H groups in total. The fraction of sp³-hybridized carbons (Fsp3) is 0.632. The monoisotopic (exact) mass is 330 g/mol. The Hall–Kier alpha value is -1.43. The number of carbonyl (C=O) groups is 1. The van der Waals surface area contributed by atoms with Crippen LogP contribution in [-0.4, -0.2) is 43.0 Å². The Labute approximate surface area is 143 Å². The molecule has 4 rings (SSSR count). The summed E-state index contributed by atoms with van der Waals surface area (Å²) in [5, 5.41) is 3.60. The number of amides is 1. The van der Waals surface area contributed by atoms with E-state index in [9.17, 15) is 4.79 Å². The predicted octanol–water partition coefficient (Wildman–Crippen LogP) is 2.46. The Morgan fingerprint density at radius 2 is 1.79 bits per heavy atom. The van der Waals surface area contributed by atoms with Gasteiger partial charge < -0.3 is 19.7 Å². The first kappa shape index (κ1) is 16.1. The van der Waals surface area contributed by atoms with E-state index in [1.54, 1.807) is 0 Å². The van der Waals surface area contributed by atoms with Gasteiger partial charge in [-0.05, 0) is 38.3 Å². The zero-order valence-electron chi connectivity index (χ0n) is 14.2. The van der Waals surface area contributed by atoms with Crippen LogP contribution in [0.2, 0.25) is 0 Å². The second kappa shape index (κ2) is 6.47. The van der Waals surface area contributed by atoms with Crippen LogP contribution in [0, 0.1) is 0 Å². The quantitative estimate of drug-likeness (QED) is 0.925. The number of carbonyl (C=O) groups excluding carboxylic acids is 1. The van der Waals surface area contributed by atoms with Crippen LogP contribution in [0.3, 0.4) is 0 Å². The van der Waals surface area contributed by atoms with E-state index in [-0.39, 0.29) is 23.8 Å². The summed E-state index contributed by atoms with van der Waals surface area (Å²) >= 11 is 0. The van der Waals surface area contributed by atoms with E-state index in [4.69, 9.17) is 9.47 Å². The Balaban J connectivity index is 1.37. The molecule has 5 nitrogen and oxygen atoms in total. The van der Waals surface area contributed by atoms with Crippen molar-refractivity contribution in [1.29, 1.82) is 0 Å². The fourth-order valence-corrected chi connectivity index (χ4v) is 4.34. The van der Waals surface area contributed by atoms with Gasteiger partial charge >= 0.3 is 0 Å². The van der Waals surface area contributed by atoms with Crippen molar-refractivity contribution >= 4 is 11.6 Å². The number of nitrogens with one attached hydrogen (secondary N) is 1. The highest BCUT2D eigenvalue weighted by Gasteiger charge is 2.43. The van der Waals surface area contributed by atoms with Crippen molar-refractivity contribution in [3.8, 4) is 0 Å². The minimum absolute atomic E-state index is 0.0790. The van der Waals surface area contributed by atoms with Crippen molar-refractivity contribution in [2.24, 2.45) is 0 Å². The molecule has 2 atom stereocenters. The van der Waals surface area contributed by atoms with E-state index in [2.05, 4.69) is 12.2 Å². The van der Waals surface area contributed by atoms with E-state index in [0.29, 0.717) is 19.3 Å². The number of hydrogen-bond acceptors (Lipinski definition) is 4. The molecule has 3 fully saturated rings. The number of ether oxygens (including phenoxy) is 2. The molecule has 1 aromatic rings. The van der Waals surface area contributed by atoms with Gasteiger partial charge in [0.1, 0.15) is 0 Å². The molecule has 2 heterocycles. The lowest BCUT2D eigenvalue weighted by Gasteiger charge is -2.36. The minimum Gasteiger partial charge on any atom is -0.348 e. The third-order valence-electron chi connectivity index (χ3n) is 5.59. The highest BCUT2D eigenvalue weighted by molar-refractivity contribution is 6.00. The molecule has 1 aromatic carbocycles. The number of hydrogen-bond donors (Lipinski definition) is 1. The Kier molecular flexibility index (Phi) is 4.33. The van der Waals surface area contributed by atoms with Gasteiger partial charge in [-0.15, -0.1) is 0 Å². The highest BCUT2D eigenvalue weighted by atomic mass is 16.7. The van der Waals surface area contributed by atoms with E-state index < -0.39 is 0 Å². The summed E-state index contributed by atoms with van der Waals surface area (Å²) in [6.45, 7) is 3.55. The second-order valence-electron chi connectivity index (χ2n) is 7.23. The van der Waals surface area contributed by atoms with Crippen molar-refractivity contribution in [2.75, 3.05) is 18.1 Å². The summed E-state index contributed by atoms with van der Waals surface area (Å²) in [6, 6.07) is 10.5. The van der Waals surface area contributed by atoms with Crippen molar-refractivity contribution in [3.63, 3.8) is 0 Å². The topological polar surface area (TPSA) is 50.8 Å². The Morgan fingerprint density at radius 3 is 2.46 bits per heavy atom. The van der Waals surface area contributed by atoms with Crippen molar-refractivity contribution in [2.45, 2.75) is 62.9 Å². The van der Waals surface area contributed by atoms with Crippen molar-refractivity contribution in [1.82, 2.24) is 5.32 Å². The summed E-state index contributed by atoms with van der Waals surface area (Å²) in [5.74, 6) is -0.135. The molecule has 0 radical (unpaired) electrons. The van der Waals surface area contributed by atoms with Gasteiger partial charge in [-0.2, -0.15) is 0 Å². The average molecular weight is 330 g/mol. The molecule has 2 saturated heterocycles. The first-order valence-electron chi connectivity index (χ1n) is 9.09. The molecule has 1 aliphatic carbocycles. The van der Waals surface area contributed by atoms with E-state index >= 15 is 0 Å². The fourth-order valence-electron chi connectivity index (χ4n) is 4.34. The Morgan fingerprint density at radius 1 is 1.12 bits per heavy atom. The molecule has 1 amide bonds. The molecular formula is C19H26N2O3. The molecule has 5 heteroatoms. The van der Waals surface area contributed by atoms with Gasteiger partial charge in [0.2, 0.25) is 5.91 Å². The molecule has 1 saturated carbocycles. The SMILES string of the molecule is C[C@H]1C[C@@H](NC2CCC3(CC2)OCCO3)C(=O)N1c1ccccc1. The number of nitrogens with zero attached hydrogens (tertiary/aromatic N) is 1. The van der Waals surface area contributed by atoms with E-state index in [1.165, 1.54) is 0 Å². The number of rotatable bonds is 3. The summed E-state index contributed by atoms with van der Waals surface area (Å²) in [7, 11) is 0. The molecule has 24 heavy (non-hydrogen) atoms. The normalized spacial score (nSPS) is 30.4. The third kappa shape index (κ3) is 2.96. The molecule has 1 spiro atoms. The van der Waals surface area contributed by atoms with Gasteiger partial charge in [0, 0.05) is 30.6 Å². The number of para-hydroxylation sites is 1. The van der Waals surface area contributed by atoms with Gasteiger partial charge in [0.25, 0.3) is 0 Å². The van der Waals surface area contributed by atoms with Crippen LogP contribution in [0.25, 0.3) is 0 Å². The molecule has 130 valence electrons. The average Bonchev–Trinajstić information content (AvgIpc) is 3.16. The number of anilines is 1. The van der Waals surface area contributed by atoms with Gasteiger partial charge in [-0.3, -0.25) is 4.79 Å². The first-order valence-corrected chi connectivity index (χ1v) is 9.09. The molecule has 0 unspecified atom stereocenters. The smallest absolute Gasteiger partial charge is 0.244 e. The maximum absolute atomic E-state index is 12.9. The van der Waals surface area contributed by atoms with Crippen LogP contribution in [0.1, 0.15) is 39.0 Å². The van der Waals surface area contributed by atoms with Crippen molar-refractivity contribution < 1.29 is 14.3 Å². The van der Waals surface area contributed by atoms with E-state index in [1.807, 2.05) is 35.2 Å². The summed E-state index contributed by atoms with van der Waals surface area (Å²) in [4.78, 5) is 14.8. The number of benzene rings is 1. The standard InChI is InChI=1S/C19H26N2O3/c1-14-13-17(18(22)21(14)16-5-3-2-4-6-16)20-15-7-9-19(10-8-15)23-11-12-24-19/h2-6,14-15,17,20H,7-13H2,1H3/t14-,17+/m0/s1. The zero-order chi connectivity index (χ0) is 16.6. The van der Waals surface area contributed by atoms with Crippen molar-refractivity contribution in [3.05, 3.63) is 30.3 Å². The highest BCUT2D eigenvalue weighted by Crippen LogP contribution is 2.36. The van der Waals surface area contributed by atoms with Gasteiger partial charge in [-0.1, -0.05) is 18.2 Å². The van der Waals surface area contributed by atoms with Crippen LogP contribution >= 0.6 is 0 Å². The third-order valence-corrected chi connectivity index (χ3v) is 5.59. The summed E-state index contributed by atoms with van der Waals surface area (Å²) in [5.41, 5.74) is 0.995. The van der Waals surface area contributed by atoms with Crippen LogP contribution in [-0.2, 0) is 14.3 Å². The van der Waals surface area contributed by atoms with Crippen LogP contribution in [0.15, 0.2) is 30.3 Å². The lowest BCUT2D eigenvalue weighted by Crippen LogP contribution is -2.48. The molecule has 0 bridgehead atoms. The lowest BCUT2D eigenvalue weighted by molar-refractivity contribution is -0.179. The van der Waals surface area contributed by atoms with Gasteiger partial charge in [0.05, 0.1) is 19.3 Å². The van der Waals surface area contributed by atoms with Crippen LogP contribution in [0.4, 0.5) is 5.69 Å². The van der Waals surface area contributed by atoms with Crippen LogP contribution in [0.5, 0.6) is 0 Å². The second-order valence-corrected chi connectivity index (χ2v) is 7.23. The zero-order valence-corrected chi connectivity index (χ0v) is 14.2. The Bertz CT molecular complexity index is 576. The summed E-state index contributed by atoms with van der Waals surface area (Å²) in [6.07, 6.45) is 4.71. The molecule has 2 aliphatic heterocycles. The van der Waals surface area contributed by atoms with Gasteiger partial charge in [-0.25, -0.2) is 0 Å². The van der Waals surface area contributed by atoms with Crippen LogP contribution < -0.4 is 10.2 Å². The predicted molar refractivity (Wildman–Crippen MR) is 91.8 cm³/mol.